The summed E-state index contributed by atoms with van der Waals surface area (Å²) in [6.07, 6.45) is -0.165. The first-order chi connectivity index (χ1) is 8.69. The highest BCUT2D eigenvalue weighted by atomic mass is 16.5. The van der Waals surface area contributed by atoms with Crippen LogP contribution in [0.25, 0.3) is 0 Å². The fraction of sp³-hybridized carbons (Fsp3) is 0.462. The summed E-state index contributed by atoms with van der Waals surface area (Å²) in [7, 11) is 3.16. The molecule has 1 aromatic carbocycles. The fourth-order valence-electron chi connectivity index (χ4n) is 1.53. The van der Waals surface area contributed by atoms with Gasteiger partial charge in [0.1, 0.15) is 6.04 Å². The second-order valence-electron chi connectivity index (χ2n) is 3.95. The van der Waals surface area contributed by atoms with Crippen LogP contribution in [0.2, 0.25) is 0 Å². The molecule has 0 spiro atoms. The molecular weight excluding hydrogens is 232 g/mol. The molecule has 2 atom stereocenters. The predicted octanol–water partition coefficient (Wildman–Crippen LogP) is 0.464. The lowest BCUT2D eigenvalue weighted by Crippen LogP contribution is -2.40. The molecule has 0 aliphatic carbocycles. The molecule has 1 amide bonds. The number of hydrogen-bond donors (Lipinski definition) is 2. The van der Waals surface area contributed by atoms with Gasteiger partial charge in [-0.05, 0) is 5.56 Å². The summed E-state index contributed by atoms with van der Waals surface area (Å²) in [5, 5.41) is 2.75. The molecule has 0 aliphatic rings. The molecule has 1 aromatic rings. The maximum atomic E-state index is 11.8. The number of rotatable bonds is 7. The number of carbonyl (C=O) groups excluding carboxylic acids is 1. The van der Waals surface area contributed by atoms with Crippen LogP contribution in [0.1, 0.15) is 11.6 Å². The van der Waals surface area contributed by atoms with Gasteiger partial charge in [-0.1, -0.05) is 30.3 Å². The molecule has 0 aromatic heterocycles. The van der Waals surface area contributed by atoms with Gasteiger partial charge in [-0.3, -0.25) is 4.79 Å². The molecular formula is C13H20N2O3. The fourth-order valence-corrected chi connectivity index (χ4v) is 1.53. The van der Waals surface area contributed by atoms with Gasteiger partial charge >= 0.3 is 0 Å². The van der Waals surface area contributed by atoms with Crippen molar-refractivity contribution in [1.29, 1.82) is 0 Å². The van der Waals surface area contributed by atoms with E-state index in [1.807, 2.05) is 30.3 Å². The first-order valence-electron chi connectivity index (χ1n) is 5.79. The van der Waals surface area contributed by atoms with Gasteiger partial charge in [0.05, 0.1) is 12.7 Å². The van der Waals surface area contributed by atoms with Crippen molar-refractivity contribution >= 4 is 5.91 Å². The summed E-state index contributed by atoms with van der Waals surface area (Å²) in [5.74, 6) is -0.223. The number of carbonyl (C=O) groups is 1. The number of hydrogen-bond acceptors (Lipinski definition) is 4. The molecule has 0 fully saturated rings. The molecule has 1 unspecified atom stereocenters. The third-order valence-corrected chi connectivity index (χ3v) is 2.63. The first kappa shape index (κ1) is 14.6. The standard InChI is InChI=1S/C13H20N2O3/c1-17-9-11(18-2)8-15-13(16)12(14)10-6-4-3-5-7-10/h3-7,11-12H,8-9,14H2,1-2H3,(H,15,16)/t11?,12-/m1/s1. The Labute approximate surface area is 107 Å². The molecule has 0 heterocycles. The number of benzene rings is 1. The third-order valence-electron chi connectivity index (χ3n) is 2.63. The maximum absolute atomic E-state index is 11.8. The summed E-state index contributed by atoms with van der Waals surface area (Å²) in [6, 6.07) is 8.58. The summed E-state index contributed by atoms with van der Waals surface area (Å²) in [5.41, 5.74) is 6.64. The largest absolute Gasteiger partial charge is 0.382 e. The average molecular weight is 252 g/mol. The average Bonchev–Trinajstić information content (AvgIpc) is 2.43. The molecule has 0 aliphatic heterocycles. The molecule has 5 nitrogen and oxygen atoms in total. The SMILES string of the molecule is COCC(CNC(=O)[C@H](N)c1ccccc1)OC. The van der Waals surface area contributed by atoms with Crippen LogP contribution >= 0.6 is 0 Å². The summed E-state index contributed by atoms with van der Waals surface area (Å²) >= 11 is 0. The van der Waals surface area contributed by atoms with E-state index in [0.717, 1.165) is 5.56 Å². The Morgan fingerprint density at radius 2 is 2.00 bits per heavy atom. The lowest BCUT2D eigenvalue weighted by atomic mass is 10.1. The zero-order chi connectivity index (χ0) is 13.4. The van der Waals surface area contributed by atoms with E-state index in [0.29, 0.717) is 13.2 Å². The maximum Gasteiger partial charge on any atom is 0.241 e. The van der Waals surface area contributed by atoms with Crippen molar-refractivity contribution in [2.24, 2.45) is 5.73 Å². The third kappa shape index (κ3) is 4.44. The minimum absolute atomic E-state index is 0.165. The van der Waals surface area contributed by atoms with Gasteiger partial charge in [0.25, 0.3) is 0 Å². The Kier molecular flexibility index (Phi) is 6.35. The minimum atomic E-state index is -0.661. The van der Waals surface area contributed by atoms with E-state index >= 15 is 0 Å². The monoisotopic (exact) mass is 252 g/mol. The Bertz CT molecular complexity index is 357. The normalized spacial score (nSPS) is 13.9. The van der Waals surface area contributed by atoms with Crippen molar-refractivity contribution in [1.82, 2.24) is 5.32 Å². The summed E-state index contributed by atoms with van der Waals surface area (Å²) in [6.45, 7) is 0.807. The molecule has 5 heteroatoms. The van der Waals surface area contributed by atoms with E-state index in [-0.39, 0.29) is 12.0 Å². The summed E-state index contributed by atoms with van der Waals surface area (Å²) in [4.78, 5) is 11.8. The zero-order valence-electron chi connectivity index (χ0n) is 10.8. The summed E-state index contributed by atoms with van der Waals surface area (Å²) < 4.78 is 10.1. The second kappa shape index (κ2) is 7.81. The van der Waals surface area contributed by atoms with Gasteiger partial charge in [0, 0.05) is 20.8 Å². The van der Waals surface area contributed by atoms with Crippen LogP contribution in [0.5, 0.6) is 0 Å². The van der Waals surface area contributed by atoms with Crippen molar-refractivity contribution < 1.29 is 14.3 Å². The van der Waals surface area contributed by atoms with Gasteiger partial charge in [-0.25, -0.2) is 0 Å². The molecule has 18 heavy (non-hydrogen) atoms. The van der Waals surface area contributed by atoms with Crippen molar-refractivity contribution in [2.45, 2.75) is 12.1 Å². The van der Waals surface area contributed by atoms with Gasteiger partial charge < -0.3 is 20.5 Å². The smallest absolute Gasteiger partial charge is 0.241 e. The number of ether oxygens (including phenoxy) is 2. The quantitative estimate of drug-likeness (QED) is 0.739. The number of nitrogens with two attached hydrogens (primary N) is 1. The first-order valence-corrected chi connectivity index (χ1v) is 5.79. The van der Waals surface area contributed by atoms with Crippen LogP contribution in [0.15, 0.2) is 30.3 Å². The van der Waals surface area contributed by atoms with Gasteiger partial charge in [-0.15, -0.1) is 0 Å². The molecule has 100 valence electrons. The van der Waals surface area contributed by atoms with Gasteiger partial charge in [0.2, 0.25) is 5.91 Å². The molecule has 0 radical (unpaired) electrons. The van der Waals surface area contributed by atoms with Crippen molar-refractivity contribution in [3.8, 4) is 0 Å². The molecule has 3 N–H and O–H groups in total. The van der Waals surface area contributed by atoms with E-state index in [1.54, 1.807) is 14.2 Å². The number of nitrogens with one attached hydrogen (secondary N) is 1. The van der Waals surface area contributed by atoms with Crippen molar-refractivity contribution in [2.75, 3.05) is 27.4 Å². The van der Waals surface area contributed by atoms with E-state index in [9.17, 15) is 4.79 Å². The predicted molar refractivity (Wildman–Crippen MR) is 69.1 cm³/mol. The Hall–Kier alpha value is -1.43. The van der Waals surface area contributed by atoms with Crippen LogP contribution < -0.4 is 11.1 Å². The number of amides is 1. The van der Waals surface area contributed by atoms with E-state index in [1.165, 1.54) is 0 Å². The zero-order valence-corrected chi connectivity index (χ0v) is 10.8. The Balaban J connectivity index is 2.45. The molecule has 0 saturated heterocycles. The molecule has 0 saturated carbocycles. The molecule has 0 bridgehead atoms. The van der Waals surface area contributed by atoms with Crippen LogP contribution in [0.3, 0.4) is 0 Å². The highest BCUT2D eigenvalue weighted by Gasteiger charge is 2.16. The minimum Gasteiger partial charge on any atom is -0.382 e. The van der Waals surface area contributed by atoms with E-state index in [4.69, 9.17) is 15.2 Å². The van der Waals surface area contributed by atoms with E-state index < -0.39 is 6.04 Å². The van der Waals surface area contributed by atoms with Crippen LogP contribution in [0, 0.1) is 0 Å². The van der Waals surface area contributed by atoms with Crippen LogP contribution in [0.4, 0.5) is 0 Å². The van der Waals surface area contributed by atoms with Crippen molar-refractivity contribution in [3.05, 3.63) is 35.9 Å². The molecule has 1 rings (SSSR count). The van der Waals surface area contributed by atoms with Crippen LogP contribution in [-0.4, -0.2) is 39.4 Å². The highest BCUT2D eigenvalue weighted by Crippen LogP contribution is 2.09. The highest BCUT2D eigenvalue weighted by molar-refractivity contribution is 5.82. The van der Waals surface area contributed by atoms with E-state index in [2.05, 4.69) is 5.32 Å². The lowest BCUT2D eigenvalue weighted by Gasteiger charge is -2.17. The topological polar surface area (TPSA) is 73.6 Å². The Morgan fingerprint density at radius 1 is 1.33 bits per heavy atom. The van der Waals surface area contributed by atoms with Gasteiger partial charge in [-0.2, -0.15) is 0 Å². The van der Waals surface area contributed by atoms with Crippen LogP contribution in [-0.2, 0) is 14.3 Å². The van der Waals surface area contributed by atoms with Crippen molar-refractivity contribution in [3.63, 3.8) is 0 Å². The van der Waals surface area contributed by atoms with Gasteiger partial charge in [0.15, 0.2) is 0 Å². The number of methoxy groups -OCH3 is 2. The lowest BCUT2D eigenvalue weighted by molar-refractivity contribution is -0.123. The second-order valence-corrected chi connectivity index (χ2v) is 3.95. The Morgan fingerprint density at radius 3 is 2.56 bits per heavy atom.